The number of carbonyl (C=O) groups excluding carboxylic acids is 1. The van der Waals surface area contributed by atoms with Gasteiger partial charge in [0, 0.05) is 12.8 Å². The number of thioether (sulfide) groups is 1. The minimum absolute atomic E-state index is 0.304. The number of aromatic nitrogens is 3. The van der Waals surface area contributed by atoms with Crippen LogP contribution in [0.25, 0.3) is 0 Å². The first kappa shape index (κ1) is 13.6. The quantitative estimate of drug-likeness (QED) is 0.763. The fourth-order valence-corrected chi connectivity index (χ4v) is 2.64. The fraction of sp³-hybridized carbons (Fsp3) is 0.250. The highest BCUT2D eigenvalue weighted by molar-refractivity contribution is 7.99. The molecule has 0 bridgehead atoms. The Labute approximate surface area is 115 Å². The molecule has 0 aliphatic rings. The van der Waals surface area contributed by atoms with Crippen LogP contribution in [0, 0.1) is 0 Å². The van der Waals surface area contributed by atoms with Crippen molar-refractivity contribution in [3.63, 3.8) is 0 Å². The summed E-state index contributed by atoms with van der Waals surface area (Å²) in [4.78, 5) is 11.7. The molecule has 0 saturated carbocycles. The highest BCUT2D eigenvalue weighted by atomic mass is 32.2. The number of primary amides is 1. The molecule has 0 saturated heterocycles. The maximum atomic E-state index is 11.7. The molecule has 1 heterocycles. The topological polar surface area (TPSA) is 99.8 Å². The maximum absolute atomic E-state index is 11.7. The van der Waals surface area contributed by atoms with E-state index in [4.69, 9.17) is 11.5 Å². The van der Waals surface area contributed by atoms with Crippen LogP contribution >= 0.6 is 11.8 Å². The summed E-state index contributed by atoms with van der Waals surface area (Å²) < 4.78 is 1.76. The van der Waals surface area contributed by atoms with Gasteiger partial charge in [0.15, 0.2) is 5.16 Å². The molecule has 0 aliphatic heterocycles. The van der Waals surface area contributed by atoms with E-state index in [-0.39, 0.29) is 0 Å². The Kier molecular flexibility index (Phi) is 3.87. The molecule has 2 aromatic rings. The summed E-state index contributed by atoms with van der Waals surface area (Å²) in [7, 11) is 1.83. The highest BCUT2D eigenvalue weighted by Gasteiger charge is 2.34. The van der Waals surface area contributed by atoms with E-state index >= 15 is 0 Å². The Hall–Kier alpha value is -1.86. The molecule has 0 fully saturated rings. The number of amides is 1. The van der Waals surface area contributed by atoms with Gasteiger partial charge in [-0.1, -0.05) is 42.1 Å². The lowest BCUT2D eigenvalue weighted by Crippen LogP contribution is -2.51. The predicted molar refractivity (Wildman–Crippen MR) is 73.2 cm³/mol. The average Bonchev–Trinajstić information content (AvgIpc) is 2.82. The van der Waals surface area contributed by atoms with Crippen LogP contribution in [0.1, 0.15) is 5.56 Å². The van der Waals surface area contributed by atoms with Gasteiger partial charge < -0.3 is 16.0 Å². The summed E-state index contributed by atoms with van der Waals surface area (Å²) in [6.07, 6.45) is 1.59. The van der Waals surface area contributed by atoms with E-state index in [0.29, 0.717) is 16.5 Å². The number of nitrogens with zero attached hydrogens (tertiary/aromatic N) is 3. The second-order valence-corrected chi connectivity index (χ2v) is 5.16. The van der Waals surface area contributed by atoms with Gasteiger partial charge in [-0.05, 0) is 5.56 Å². The van der Waals surface area contributed by atoms with Crippen molar-refractivity contribution >= 4 is 17.7 Å². The number of benzene rings is 1. The van der Waals surface area contributed by atoms with Gasteiger partial charge in [0.25, 0.3) is 0 Å². The first-order valence-electron chi connectivity index (χ1n) is 5.65. The lowest BCUT2D eigenvalue weighted by atomic mass is 9.92. The Balaban J connectivity index is 2.22. The van der Waals surface area contributed by atoms with Crippen molar-refractivity contribution in [3.8, 4) is 0 Å². The molecule has 1 aromatic carbocycles. The summed E-state index contributed by atoms with van der Waals surface area (Å²) >= 11 is 1.35. The van der Waals surface area contributed by atoms with Crippen molar-refractivity contribution in [2.24, 2.45) is 18.5 Å². The van der Waals surface area contributed by atoms with E-state index in [0.717, 1.165) is 0 Å². The lowest BCUT2D eigenvalue weighted by molar-refractivity contribution is -0.122. The van der Waals surface area contributed by atoms with Crippen molar-refractivity contribution in [3.05, 3.63) is 42.2 Å². The first-order chi connectivity index (χ1) is 9.04. The van der Waals surface area contributed by atoms with E-state index in [9.17, 15) is 4.79 Å². The number of hydrogen-bond donors (Lipinski definition) is 2. The van der Waals surface area contributed by atoms with Crippen LogP contribution in [-0.2, 0) is 17.4 Å². The third-order valence-corrected chi connectivity index (χ3v) is 4.05. The molecule has 7 heteroatoms. The van der Waals surface area contributed by atoms with E-state index < -0.39 is 11.4 Å². The van der Waals surface area contributed by atoms with Gasteiger partial charge in [-0.25, -0.2) is 0 Å². The van der Waals surface area contributed by atoms with Gasteiger partial charge >= 0.3 is 0 Å². The number of hydrogen-bond acceptors (Lipinski definition) is 5. The third kappa shape index (κ3) is 2.77. The van der Waals surface area contributed by atoms with Gasteiger partial charge in [-0.3, -0.25) is 4.79 Å². The second-order valence-electron chi connectivity index (χ2n) is 4.21. The monoisotopic (exact) mass is 277 g/mol. The second kappa shape index (κ2) is 5.41. The van der Waals surface area contributed by atoms with Crippen molar-refractivity contribution in [2.75, 3.05) is 5.75 Å². The Morgan fingerprint density at radius 2 is 2.11 bits per heavy atom. The molecule has 0 radical (unpaired) electrons. The van der Waals surface area contributed by atoms with Gasteiger partial charge in [-0.15, -0.1) is 10.2 Å². The summed E-state index contributed by atoms with van der Waals surface area (Å²) in [6, 6.07) is 9.10. The molecule has 1 unspecified atom stereocenters. The summed E-state index contributed by atoms with van der Waals surface area (Å²) in [5.41, 5.74) is 11.1. The van der Waals surface area contributed by atoms with E-state index in [1.54, 1.807) is 23.0 Å². The summed E-state index contributed by atoms with van der Waals surface area (Å²) in [5.74, 6) is -0.257. The molecule has 1 aromatic heterocycles. The normalized spacial score (nSPS) is 14.0. The van der Waals surface area contributed by atoms with Crippen LogP contribution in [0.5, 0.6) is 0 Å². The molecule has 0 spiro atoms. The van der Waals surface area contributed by atoms with Crippen LogP contribution in [0.15, 0.2) is 41.8 Å². The number of aryl methyl sites for hydroxylation is 1. The minimum Gasteiger partial charge on any atom is -0.368 e. The van der Waals surface area contributed by atoms with Gasteiger partial charge in [0.1, 0.15) is 11.9 Å². The van der Waals surface area contributed by atoms with E-state index in [1.165, 1.54) is 11.8 Å². The molecule has 19 heavy (non-hydrogen) atoms. The average molecular weight is 277 g/mol. The Morgan fingerprint density at radius 1 is 1.42 bits per heavy atom. The molecule has 0 aliphatic carbocycles. The van der Waals surface area contributed by atoms with E-state index in [1.807, 2.05) is 25.2 Å². The van der Waals surface area contributed by atoms with Crippen molar-refractivity contribution < 1.29 is 4.79 Å². The standard InChI is InChI=1S/C12H15N5OS/c1-17-8-15-16-11(17)19-7-12(14,10(13)18)9-5-3-2-4-6-9/h2-6,8H,7,14H2,1H3,(H2,13,18). The van der Waals surface area contributed by atoms with E-state index in [2.05, 4.69) is 10.2 Å². The number of carbonyl (C=O) groups is 1. The zero-order valence-electron chi connectivity index (χ0n) is 10.5. The lowest BCUT2D eigenvalue weighted by Gasteiger charge is -2.25. The van der Waals surface area contributed by atoms with Crippen molar-refractivity contribution in [1.82, 2.24) is 14.8 Å². The molecule has 1 amide bonds. The van der Waals surface area contributed by atoms with Gasteiger partial charge in [0.05, 0.1) is 0 Å². The van der Waals surface area contributed by atoms with Crippen LogP contribution in [0.2, 0.25) is 0 Å². The summed E-state index contributed by atoms with van der Waals surface area (Å²) in [5, 5.41) is 8.40. The van der Waals surface area contributed by atoms with Crippen LogP contribution in [-0.4, -0.2) is 26.4 Å². The van der Waals surface area contributed by atoms with Crippen molar-refractivity contribution in [1.29, 1.82) is 0 Å². The zero-order valence-corrected chi connectivity index (χ0v) is 11.3. The zero-order chi connectivity index (χ0) is 13.9. The van der Waals surface area contributed by atoms with Gasteiger partial charge in [-0.2, -0.15) is 0 Å². The van der Waals surface area contributed by atoms with Crippen LogP contribution in [0.4, 0.5) is 0 Å². The van der Waals surface area contributed by atoms with Crippen LogP contribution in [0.3, 0.4) is 0 Å². The number of nitrogens with two attached hydrogens (primary N) is 2. The molecular formula is C12H15N5OS. The Bertz CT molecular complexity index is 571. The van der Waals surface area contributed by atoms with Crippen molar-refractivity contribution in [2.45, 2.75) is 10.7 Å². The summed E-state index contributed by atoms with van der Waals surface area (Å²) in [6.45, 7) is 0. The van der Waals surface area contributed by atoms with Gasteiger partial charge in [0.2, 0.25) is 5.91 Å². The first-order valence-corrected chi connectivity index (χ1v) is 6.63. The third-order valence-electron chi connectivity index (χ3n) is 2.83. The fourth-order valence-electron chi connectivity index (χ4n) is 1.61. The largest absolute Gasteiger partial charge is 0.368 e. The number of rotatable bonds is 5. The minimum atomic E-state index is -1.22. The smallest absolute Gasteiger partial charge is 0.243 e. The molecule has 1 atom stereocenters. The molecule has 2 rings (SSSR count). The predicted octanol–water partition coefficient (Wildman–Crippen LogP) is 0.247. The van der Waals surface area contributed by atoms with Crippen LogP contribution < -0.4 is 11.5 Å². The highest BCUT2D eigenvalue weighted by Crippen LogP contribution is 2.26. The Morgan fingerprint density at radius 3 is 2.63 bits per heavy atom. The molecule has 4 N–H and O–H groups in total. The maximum Gasteiger partial charge on any atom is 0.243 e. The molecule has 6 nitrogen and oxygen atoms in total. The molecule has 100 valence electrons. The molecular weight excluding hydrogens is 262 g/mol. The SMILES string of the molecule is Cn1cnnc1SCC(N)(C(N)=O)c1ccccc1.